The Morgan fingerprint density at radius 2 is 1.94 bits per heavy atom. The van der Waals surface area contributed by atoms with E-state index < -0.39 is 0 Å². The van der Waals surface area contributed by atoms with Gasteiger partial charge in [0.15, 0.2) is 5.17 Å². The molecule has 2 fully saturated rings. The van der Waals surface area contributed by atoms with Gasteiger partial charge in [0.2, 0.25) is 5.91 Å². The van der Waals surface area contributed by atoms with Crippen LogP contribution < -0.4 is 5.32 Å². The van der Waals surface area contributed by atoms with Crippen LogP contribution in [0.15, 0.2) is 58.6 Å². The van der Waals surface area contributed by atoms with Crippen LogP contribution >= 0.6 is 11.8 Å². The van der Waals surface area contributed by atoms with Crippen molar-refractivity contribution in [2.24, 2.45) is 4.99 Å². The Labute approximate surface area is 210 Å². The van der Waals surface area contributed by atoms with Crippen LogP contribution in [0.1, 0.15) is 42.4 Å². The third kappa shape index (κ3) is 4.91. The van der Waals surface area contributed by atoms with E-state index in [-0.39, 0.29) is 18.4 Å². The summed E-state index contributed by atoms with van der Waals surface area (Å²) in [6, 6.07) is 14.4. The maximum atomic E-state index is 13.1. The van der Waals surface area contributed by atoms with Crippen LogP contribution in [0.5, 0.6) is 0 Å². The quantitative estimate of drug-likeness (QED) is 0.481. The number of carbonyl (C=O) groups is 2. The van der Waals surface area contributed by atoms with Crippen molar-refractivity contribution in [3.63, 3.8) is 0 Å². The van der Waals surface area contributed by atoms with E-state index in [0.717, 1.165) is 46.1 Å². The number of carbonyl (C=O) groups excluding carboxylic acids is 2. The fourth-order valence-corrected chi connectivity index (χ4v) is 5.73. The van der Waals surface area contributed by atoms with E-state index in [4.69, 9.17) is 4.99 Å². The summed E-state index contributed by atoms with van der Waals surface area (Å²) in [6.07, 6.45) is 8.39. The molecule has 1 aromatic heterocycles. The van der Waals surface area contributed by atoms with Crippen molar-refractivity contribution in [2.45, 2.75) is 52.1 Å². The molecule has 2 aromatic carbocycles. The lowest BCUT2D eigenvalue weighted by molar-refractivity contribution is -0.122. The highest BCUT2D eigenvalue weighted by molar-refractivity contribution is 8.18. The molecule has 0 radical (unpaired) electrons. The molecule has 180 valence electrons. The number of rotatable bonds is 5. The summed E-state index contributed by atoms with van der Waals surface area (Å²) >= 11 is 1.38. The molecule has 2 heterocycles. The van der Waals surface area contributed by atoms with Crippen LogP contribution in [0.2, 0.25) is 0 Å². The van der Waals surface area contributed by atoms with Crippen molar-refractivity contribution >= 4 is 51.4 Å². The van der Waals surface area contributed by atoms with E-state index in [9.17, 15) is 9.59 Å². The number of para-hydroxylation sites is 1. The minimum atomic E-state index is -0.0742. The number of aliphatic imine (C=N–C) groups is 1. The molecule has 5 rings (SSSR count). The van der Waals surface area contributed by atoms with Crippen molar-refractivity contribution in [3.8, 4) is 0 Å². The standard InChI is InChI=1S/C28H30N4O2S/c1-18-12-13-19(2)23(14-18)30-28-31(3)27(34)25(35-28)15-20-16-32(24-11-7-6-10-22(20)24)17-26(33)29-21-8-4-5-9-21/h6-7,10-16,21H,4-5,8-9,17H2,1-3H3,(H,29,33)/b25-15-,30-28?. The molecule has 1 aliphatic heterocycles. The third-order valence-electron chi connectivity index (χ3n) is 6.72. The van der Waals surface area contributed by atoms with Crippen LogP contribution in [0.25, 0.3) is 17.0 Å². The Kier molecular flexibility index (Phi) is 6.52. The van der Waals surface area contributed by atoms with E-state index in [1.807, 2.05) is 67.1 Å². The van der Waals surface area contributed by atoms with Crippen LogP contribution in [0.4, 0.5) is 5.69 Å². The summed E-state index contributed by atoms with van der Waals surface area (Å²) in [5.41, 5.74) is 4.98. The van der Waals surface area contributed by atoms with Crippen LogP contribution in [0, 0.1) is 13.8 Å². The molecule has 1 N–H and O–H groups in total. The van der Waals surface area contributed by atoms with Gasteiger partial charge in [-0.3, -0.25) is 14.5 Å². The molecule has 35 heavy (non-hydrogen) atoms. The second-order valence-corrected chi connectivity index (χ2v) is 10.4. The molecule has 0 atom stereocenters. The van der Waals surface area contributed by atoms with Gasteiger partial charge in [0, 0.05) is 35.8 Å². The average Bonchev–Trinajstić information content (AvgIpc) is 3.53. The summed E-state index contributed by atoms with van der Waals surface area (Å²) < 4.78 is 1.98. The predicted molar refractivity (Wildman–Crippen MR) is 144 cm³/mol. The normalized spacial score (nSPS) is 18.9. The van der Waals surface area contributed by atoms with Gasteiger partial charge in [0.05, 0.1) is 10.6 Å². The number of nitrogens with zero attached hydrogens (tertiary/aromatic N) is 3. The summed E-state index contributed by atoms with van der Waals surface area (Å²) in [5.74, 6) is -0.0410. The Bertz CT molecular complexity index is 1360. The number of aromatic nitrogens is 1. The summed E-state index contributed by atoms with van der Waals surface area (Å²) in [4.78, 5) is 32.8. The highest BCUT2D eigenvalue weighted by Crippen LogP contribution is 2.35. The van der Waals surface area contributed by atoms with Gasteiger partial charge in [0.25, 0.3) is 5.91 Å². The van der Waals surface area contributed by atoms with E-state index >= 15 is 0 Å². The van der Waals surface area contributed by atoms with Crippen molar-refractivity contribution in [2.75, 3.05) is 7.05 Å². The SMILES string of the molecule is Cc1ccc(C)c(N=C2S/C(=C\c3cn(CC(=O)NC4CCCC4)c4ccccc34)C(=O)N2C)c1. The number of benzene rings is 2. The molecule has 0 unspecified atom stereocenters. The van der Waals surface area contributed by atoms with Gasteiger partial charge in [-0.1, -0.05) is 43.2 Å². The predicted octanol–water partition coefficient (Wildman–Crippen LogP) is 5.55. The van der Waals surface area contributed by atoms with Gasteiger partial charge in [-0.05, 0) is 67.8 Å². The Balaban J connectivity index is 1.43. The Hall–Kier alpha value is -3.32. The van der Waals surface area contributed by atoms with Crippen LogP contribution in [-0.2, 0) is 16.1 Å². The minimum Gasteiger partial charge on any atom is -0.352 e. The number of aryl methyl sites for hydroxylation is 2. The van der Waals surface area contributed by atoms with Crippen LogP contribution in [0.3, 0.4) is 0 Å². The molecular formula is C28H30N4O2S. The smallest absolute Gasteiger partial charge is 0.266 e. The van der Waals surface area contributed by atoms with Gasteiger partial charge < -0.3 is 9.88 Å². The largest absolute Gasteiger partial charge is 0.352 e. The first-order chi connectivity index (χ1) is 16.9. The molecular weight excluding hydrogens is 456 g/mol. The molecule has 7 heteroatoms. The summed E-state index contributed by atoms with van der Waals surface area (Å²) in [5, 5.41) is 4.85. The number of thioether (sulfide) groups is 1. The number of hydrogen-bond acceptors (Lipinski definition) is 4. The van der Waals surface area contributed by atoms with Crippen LogP contribution in [-0.4, -0.2) is 39.5 Å². The van der Waals surface area contributed by atoms with Gasteiger partial charge in [-0.25, -0.2) is 4.99 Å². The Morgan fingerprint density at radius 1 is 1.17 bits per heavy atom. The van der Waals surface area contributed by atoms with Crippen molar-refractivity contribution in [3.05, 3.63) is 70.3 Å². The lowest BCUT2D eigenvalue weighted by Crippen LogP contribution is -2.35. The second-order valence-electron chi connectivity index (χ2n) is 9.44. The number of amides is 2. The molecule has 6 nitrogen and oxygen atoms in total. The maximum Gasteiger partial charge on any atom is 0.266 e. The fraction of sp³-hybridized carbons (Fsp3) is 0.321. The first kappa shape index (κ1) is 23.4. The monoisotopic (exact) mass is 486 g/mol. The number of nitrogens with one attached hydrogen (secondary N) is 1. The number of amidine groups is 1. The van der Waals surface area contributed by atoms with Gasteiger partial charge >= 0.3 is 0 Å². The molecule has 1 aliphatic carbocycles. The lowest BCUT2D eigenvalue weighted by Gasteiger charge is -2.12. The van der Waals surface area contributed by atoms with E-state index in [0.29, 0.717) is 16.1 Å². The summed E-state index contributed by atoms with van der Waals surface area (Å²) in [6.45, 7) is 4.32. The maximum absolute atomic E-state index is 13.1. The fourth-order valence-electron chi connectivity index (χ4n) is 4.75. The van der Waals surface area contributed by atoms with Gasteiger partial charge in [0.1, 0.15) is 6.54 Å². The average molecular weight is 487 g/mol. The number of hydrogen-bond donors (Lipinski definition) is 1. The highest BCUT2D eigenvalue weighted by atomic mass is 32.2. The topological polar surface area (TPSA) is 66.7 Å². The number of fused-ring (bicyclic) bond motifs is 1. The molecule has 2 amide bonds. The first-order valence-corrected chi connectivity index (χ1v) is 12.9. The lowest BCUT2D eigenvalue weighted by atomic mass is 10.1. The minimum absolute atomic E-state index is 0.0332. The third-order valence-corrected chi connectivity index (χ3v) is 7.78. The molecule has 0 spiro atoms. The van der Waals surface area contributed by atoms with Crippen molar-refractivity contribution in [1.82, 2.24) is 14.8 Å². The molecule has 3 aromatic rings. The molecule has 2 aliphatic rings. The zero-order chi connectivity index (χ0) is 24.5. The Morgan fingerprint density at radius 3 is 2.74 bits per heavy atom. The molecule has 0 bridgehead atoms. The summed E-state index contributed by atoms with van der Waals surface area (Å²) in [7, 11) is 1.76. The van der Waals surface area contributed by atoms with Gasteiger partial charge in [-0.2, -0.15) is 0 Å². The molecule has 1 saturated carbocycles. The van der Waals surface area contributed by atoms with Gasteiger partial charge in [-0.15, -0.1) is 0 Å². The zero-order valence-electron chi connectivity index (χ0n) is 20.4. The van der Waals surface area contributed by atoms with E-state index in [2.05, 4.69) is 11.4 Å². The molecule has 1 saturated heterocycles. The highest BCUT2D eigenvalue weighted by Gasteiger charge is 2.31. The zero-order valence-corrected chi connectivity index (χ0v) is 21.2. The second kappa shape index (κ2) is 9.74. The van der Waals surface area contributed by atoms with E-state index in [1.54, 1.807) is 11.9 Å². The number of likely N-dealkylation sites (N-methyl/N-ethyl adjacent to an activating group) is 1. The van der Waals surface area contributed by atoms with Crippen molar-refractivity contribution in [1.29, 1.82) is 0 Å². The first-order valence-electron chi connectivity index (χ1n) is 12.1. The van der Waals surface area contributed by atoms with E-state index in [1.165, 1.54) is 24.6 Å². The van der Waals surface area contributed by atoms with Crippen molar-refractivity contribution < 1.29 is 9.59 Å².